The molecule has 6 nitrogen and oxygen atoms in total. The smallest absolute Gasteiger partial charge is 0.229 e. The van der Waals surface area contributed by atoms with Crippen molar-refractivity contribution in [2.24, 2.45) is 0 Å². The van der Waals surface area contributed by atoms with Gasteiger partial charge in [-0.3, -0.25) is 0 Å². The minimum atomic E-state index is 0. The number of aromatic nitrogens is 2. The largest absolute Gasteiger partial charge is 0.395 e. The molecular weight excluding hydrogens is 409 g/mol. The van der Waals surface area contributed by atoms with Crippen LogP contribution in [0.4, 0.5) is 17.5 Å². The van der Waals surface area contributed by atoms with Gasteiger partial charge in [-0.15, -0.1) is 12.4 Å². The lowest BCUT2D eigenvalue weighted by Crippen LogP contribution is -2.34. The molecule has 0 atom stereocenters. The van der Waals surface area contributed by atoms with Crippen molar-refractivity contribution in [3.05, 3.63) is 41.0 Å². The molecule has 0 radical (unpaired) electrons. The van der Waals surface area contributed by atoms with Gasteiger partial charge in [0.25, 0.3) is 0 Å². The third-order valence-corrected chi connectivity index (χ3v) is 5.24. The van der Waals surface area contributed by atoms with E-state index in [2.05, 4.69) is 25.1 Å². The second kappa shape index (κ2) is 12.2. The minimum Gasteiger partial charge on any atom is -0.395 e. The van der Waals surface area contributed by atoms with E-state index in [1.54, 1.807) is 0 Å². The summed E-state index contributed by atoms with van der Waals surface area (Å²) in [5.41, 5.74) is 1.78. The van der Waals surface area contributed by atoms with Crippen molar-refractivity contribution in [3.63, 3.8) is 0 Å². The van der Waals surface area contributed by atoms with Gasteiger partial charge in [0.15, 0.2) is 0 Å². The summed E-state index contributed by atoms with van der Waals surface area (Å²) in [6, 6.07) is 9.44. The molecule has 29 heavy (non-hydrogen) atoms. The summed E-state index contributed by atoms with van der Waals surface area (Å²) in [5, 5.41) is 13.5. The predicted molar refractivity (Wildman–Crippen MR) is 123 cm³/mol. The van der Waals surface area contributed by atoms with Crippen LogP contribution < -0.4 is 10.2 Å². The van der Waals surface area contributed by atoms with Gasteiger partial charge in [-0.1, -0.05) is 18.0 Å². The fourth-order valence-electron chi connectivity index (χ4n) is 3.56. The van der Waals surface area contributed by atoms with Gasteiger partial charge in [0.2, 0.25) is 5.95 Å². The molecule has 0 spiro atoms. The fourth-order valence-corrected chi connectivity index (χ4v) is 3.69. The highest BCUT2D eigenvalue weighted by Crippen LogP contribution is 2.20. The first-order chi connectivity index (χ1) is 13.6. The summed E-state index contributed by atoms with van der Waals surface area (Å²) >= 11 is 5.95. The van der Waals surface area contributed by atoms with Gasteiger partial charge in [-0.2, -0.15) is 4.98 Å². The summed E-state index contributed by atoms with van der Waals surface area (Å²) in [7, 11) is 0. The van der Waals surface area contributed by atoms with Gasteiger partial charge in [0, 0.05) is 35.6 Å². The van der Waals surface area contributed by atoms with Gasteiger partial charge < -0.3 is 20.2 Å². The molecule has 2 N–H and O–H groups in total. The number of aryl methyl sites for hydroxylation is 1. The average molecular weight is 440 g/mol. The number of anilines is 3. The number of likely N-dealkylation sites (tertiary alicyclic amines) is 1. The number of hydrogen-bond acceptors (Lipinski definition) is 6. The quantitative estimate of drug-likeness (QED) is 0.607. The molecule has 0 unspecified atom stereocenters. The van der Waals surface area contributed by atoms with Crippen molar-refractivity contribution in [1.82, 2.24) is 14.9 Å². The third-order valence-electron chi connectivity index (χ3n) is 4.99. The zero-order chi connectivity index (χ0) is 19.8. The first kappa shape index (κ1) is 23.7. The molecule has 0 bridgehead atoms. The van der Waals surface area contributed by atoms with Crippen LogP contribution >= 0.6 is 24.0 Å². The zero-order valence-corrected chi connectivity index (χ0v) is 18.6. The second-order valence-electron chi connectivity index (χ2n) is 7.29. The van der Waals surface area contributed by atoms with E-state index >= 15 is 0 Å². The summed E-state index contributed by atoms with van der Waals surface area (Å²) in [6.45, 7) is 7.02. The van der Waals surface area contributed by atoms with Gasteiger partial charge >= 0.3 is 0 Å². The van der Waals surface area contributed by atoms with Crippen LogP contribution in [0.3, 0.4) is 0 Å². The first-order valence-electron chi connectivity index (χ1n) is 10.1. The molecule has 2 heterocycles. The Morgan fingerprint density at radius 1 is 1.10 bits per heavy atom. The third kappa shape index (κ3) is 7.63. The number of nitrogens with zero attached hydrogens (tertiary/aromatic N) is 4. The molecule has 1 aliphatic heterocycles. The van der Waals surface area contributed by atoms with Crippen molar-refractivity contribution < 1.29 is 5.11 Å². The number of halogens is 2. The van der Waals surface area contributed by atoms with E-state index in [-0.39, 0.29) is 19.0 Å². The summed E-state index contributed by atoms with van der Waals surface area (Å²) < 4.78 is 0. The Morgan fingerprint density at radius 2 is 1.83 bits per heavy atom. The number of piperidine rings is 1. The van der Waals surface area contributed by atoms with E-state index in [0.717, 1.165) is 36.7 Å². The second-order valence-corrected chi connectivity index (χ2v) is 7.73. The van der Waals surface area contributed by atoms with E-state index < -0.39 is 0 Å². The topological polar surface area (TPSA) is 64.5 Å². The summed E-state index contributed by atoms with van der Waals surface area (Å²) in [4.78, 5) is 13.9. The molecule has 160 valence electrons. The van der Waals surface area contributed by atoms with E-state index in [1.165, 1.54) is 32.4 Å². The predicted octanol–water partition coefficient (Wildman–Crippen LogP) is 4.28. The average Bonchev–Trinajstić information content (AvgIpc) is 2.69. The summed E-state index contributed by atoms with van der Waals surface area (Å²) in [5.74, 6) is 1.40. The van der Waals surface area contributed by atoms with Gasteiger partial charge in [-0.25, -0.2) is 4.98 Å². The van der Waals surface area contributed by atoms with Crippen LogP contribution in [0.15, 0.2) is 30.3 Å². The molecule has 8 heteroatoms. The van der Waals surface area contributed by atoms with Crippen molar-refractivity contribution in [1.29, 1.82) is 0 Å². The Morgan fingerprint density at radius 3 is 2.52 bits per heavy atom. The van der Waals surface area contributed by atoms with E-state index in [1.807, 2.05) is 37.3 Å². The lowest BCUT2D eigenvalue weighted by Gasteiger charge is -2.28. The van der Waals surface area contributed by atoms with Gasteiger partial charge in [0.05, 0.1) is 6.61 Å². The minimum absolute atomic E-state index is 0. The van der Waals surface area contributed by atoms with Crippen LogP contribution in [0.2, 0.25) is 5.02 Å². The van der Waals surface area contributed by atoms with Crippen LogP contribution in [-0.4, -0.2) is 59.3 Å². The van der Waals surface area contributed by atoms with Gasteiger partial charge in [0.1, 0.15) is 5.82 Å². The lowest BCUT2D eigenvalue weighted by atomic mass is 10.1. The Bertz CT molecular complexity index is 738. The van der Waals surface area contributed by atoms with Crippen LogP contribution in [0.1, 0.15) is 31.4 Å². The standard InChI is InChI=1S/C21H30ClN5O.ClH/c1-17-16-20(25-21(23-17)24-19-8-6-18(22)7-9-19)27(14-15-28)13-5-12-26-10-3-2-4-11-26;/h6-9,16,28H,2-5,10-15H2,1H3,(H,23,24,25);1H. The number of rotatable bonds is 9. The van der Waals surface area contributed by atoms with Crippen LogP contribution in [0.25, 0.3) is 0 Å². The molecule has 1 aromatic carbocycles. The summed E-state index contributed by atoms with van der Waals surface area (Å²) in [6.07, 6.45) is 5.04. The zero-order valence-electron chi connectivity index (χ0n) is 17.0. The molecule has 1 aromatic heterocycles. The van der Waals surface area contributed by atoms with Crippen molar-refractivity contribution in [2.45, 2.75) is 32.6 Å². The number of nitrogens with one attached hydrogen (secondary N) is 1. The highest BCUT2D eigenvalue weighted by Gasteiger charge is 2.13. The Labute approximate surface area is 184 Å². The number of aliphatic hydroxyl groups is 1. The van der Waals surface area contributed by atoms with Gasteiger partial charge in [-0.05, 0) is 70.1 Å². The monoisotopic (exact) mass is 439 g/mol. The normalized spacial score (nSPS) is 14.3. The van der Waals surface area contributed by atoms with Crippen molar-refractivity contribution >= 4 is 41.5 Å². The molecule has 1 saturated heterocycles. The SMILES string of the molecule is Cc1cc(N(CCO)CCCN2CCCCC2)nc(Nc2ccc(Cl)cc2)n1.Cl. The Balaban J connectivity index is 0.00000300. The van der Waals surface area contributed by atoms with E-state index in [9.17, 15) is 5.11 Å². The maximum Gasteiger partial charge on any atom is 0.229 e. The van der Waals surface area contributed by atoms with Crippen LogP contribution in [0.5, 0.6) is 0 Å². The molecular formula is C21H31Cl2N5O. The van der Waals surface area contributed by atoms with E-state index in [0.29, 0.717) is 17.5 Å². The molecule has 3 rings (SSSR count). The van der Waals surface area contributed by atoms with Crippen molar-refractivity contribution in [3.8, 4) is 0 Å². The fraction of sp³-hybridized carbons (Fsp3) is 0.524. The number of hydrogen-bond donors (Lipinski definition) is 2. The first-order valence-corrected chi connectivity index (χ1v) is 10.5. The maximum absolute atomic E-state index is 9.52. The number of aliphatic hydroxyl groups excluding tert-OH is 1. The molecule has 0 aliphatic carbocycles. The highest BCUT2D eigenvalue weighted by molar-refractivity contribution is 6.30. The molecule has 1 aliphatic rings. The molecule has 0 amide bonds. The maximum atomic E-state index is 9.52. The number of benzene rings is 1. The Kier molecular flexibility index (Phi) is 9.94. The molecule has 1 fully saturated rings. The highest BCUT2D eigenvalue weighted by atomic mass is 35.5. The molecule has 0 saturated carbocycles. The van der Waals surface area contributed by atoms with Crippen molar-refractivity contribution in [2.75, 3.05) is 49.5 Å². The Hall–Kier alpha value is -1.60. The van der Waals surface area contributed by atoms with Crippen LogP contribution in [-0.2, 0) is 0 Å². The lowest BCUT2D eigenvalue weighted by molar-refractivity contribution is 0.226. The molecule has 2 aromatic rings. The van der Waals surface area contributed by atoms with E-state index in [4.69, 9.17) is 11.6 Å². The van der Waals surface area contributed by atoms with Crippen LogP contribution in [0, 0.1) is 6.92 Å².